The highest BCUT2D eigenvalue weighted by atomic mass is 16.5. The summed E-state index contributed by atoms with van der Waals surface area (Å²) >= 11 is 0. The summed E-state index contributed by atoms with van der Waals surface area (Å²) in [5.74, 6) is 0.450. The summed E-state index contributed by atoms with van der Waals surface area (Å²) < 4.78 is 13.6. The first-order valence-electron chi connectivity index (χ1n) is 10.7. The lowest BCUT2D eigenvalue weighted by molar-refractivity contribution is 0.0896. The van der Waals surface area contributed by atoms with E-state index in [0.29, 0.717) is 24.0 Å². The van der Waals surface area contributed by atoms with Crippen LogP contribution >= 0.6 is 0 Å². The van der Waals surface area contributed by atoms with E-state index in [-0.39, 0.29) is 11.9 Å². The molecule has 4 rings (SSSR count). The average Bonchev–Trinajstić information content (AvgIpc) is 3.41. The summed E-state index contributed by atoms with van der Waals surface area (Å²) in [5.41, 5.74) is 3.40. The molecule has 1 amide bonds. The van der Waals surface area contributed by atoms with Gasteiger partial charge in [0.15, 0.2) is 0 Å². The Kier molecular flexibility index (Phi) is 6.33. The van der Waals surface area contributed by atoms with Crippen molar-refractivity contribution in [1.82, 2.24) is 14.7 Å². The summed E-state index contributed by atoms with van der Waals surface area (Å²) in [6.45, 7) is 5.24. The number of amides is 1. The summed E-state index contributed by atoms with van der Waals surface area (Å²) in [4.78, 5) is 17.5. The Labute approximate surface area is 177 Å². The molecule has 0 radical (unpaired) electrons. The average molecular weight is 408 g/mol. The number of para-hydroxylation sites is 1. The van der Waals surface area contributed by atoms with Crippen LogP contribution in [0.4, 0.5) is 0 Å². The monoisotopic (exact) mass is 407 g/mol. The van der Waals surface area contributed by atoms with Crippen molar-refractivity contribution in [2.75, 3.05) is 6.61 Å². The Morgan fingerprint density at radius 2 is 2.20 bits per heavy atom. The number of pyridine rings is 1. The van der Waals surface area contributed by atoms with E-state index in [9.17, 15) is 4.79 Å². The number of hydrogen-bond acceptors (Lipinski definition) is 4. The lowest BCUT2D eigenvalue weighted by atomic mass is 10.1. The second-order valence-corrected chi connectivity index (χ2v) is 8.03. The van der Waals surface area contributed by atoms with E-state index in [1.807, 2.05) is 61.0 Å². The van der Waals surface area contributed by atoms with Crippen LogP contribution < -0.4 is 10.1 Å². The summed E-state index contributed by atoms with van der Waals surface area (Å²) in [7, 11) is 0. The second kappa shape index (κ2) is 9.30. The zero-order valence-electron chi connectivity index (χ0n) is 17.6. The molecule has 1 fully saturated rings. The van der Waals surface area contributed by atoms with Crippen molar-refractivity contribution >= 4 is 11.6 Å². The number of aromatic nitrogens is 2. The highest BCUT2D eigenvalue weighted by Gasteiger charge is 2.19. The van der Waals surface area contributed by atoms with Crippen LogP contribution in [0, 0.1) is 6.92 Å². The Balaban J connectivity index is 1.37. The van der Waals surface area contributed by atoms with E-state index in [1.165, 1.54) is 0 Å². The molecule has 2 atom stereocenters. The highest BCUT2D eigenvalue weighted by Crippen LogP contribution is 2.21. The van der Waals surface area contributed by atoms with Crippen LogP contribution in [0.2, 0.25) is 0 Å². The van der Waals surface area contributed by atoms with Crippen molar-refractivity contribution in [3.05, 3.63) is 65.6 Å². The standard InChI is InChI=1S/C24H29N3O3/c1-17-7-5-13-27-15-19(26-23(17)27)16-30-22-10-4-3-9-21(22)24(28)25-18(2)11-12-20-8-6-14-29-20/h3-5,7,9-10,13,15,18,20H,6,8,11-12,14,16H2,1-2H3,(H,25,28). The van der Waals surface area contributed by atoms with E-state index in [1.54, 1.807) is 6.07 Å². The van der Waals surface area contributed by atoms with Gasteiger partial charge in [0.2, 0.25) is 0 Å². The number of rotatable bonds is 8. The molecular formula is C24H29N3O3. The van der Waals surface area contributed by atoms with Gasteiger partial charge in [-0.3, -0.25) is 4.79 Å². The maximum atomic E-state index is 12.8. The van der Waals surface area contributed by atoms with Crippen molar-refractivity contribution in [2.45, 2.75) is 58.3 Å². The number of imidazole rings is 1. The van der Waals surface area contributed by atoms with Gasteiger partial charge in [0.1, 0.15) is 18.0 Å². The number of fused-ring (bicyclic) bond motifs is 1. The van der Waals surface area contributed by atoms with Crippen molar-refractivity contribution in [3.63, 3.8) is 0 Å². The number of hydrogen-bond donors (Lipinski definition) is 1. The van der Waals surface area contributed by atoms with Crippen LogP contribution in [0.3, 0.4) is 0 Å². The minimum absolute atomic E-state index is 0.0798. The third-order valence-corrected chi connectivity index (χ3v) is 5.56. The topological polar surface area (TPSA) is 64.9 Å². The maximum Gasteiger partial charge on any atom is 0.255 e. The summed E-state index contributed by atoms with van der Waals surface area (Å²) in [6.07, 6.45) is 8.42. The van der Waals surface area contributed by atoms with Crippen LogP contribution in [0.15, 0.2) is 48.8 Å². The fourth-order valence-corrected chi connectivity index (χ4v) is 3.89. The van der Waals surface area contributed by atoms with E-state index in [4.69, 9.17) is 9.47 Å². The predicted octanol–water partition coefficient (Wildman–Crippen LogP) is 4.30. The predicted molar refractivity (Wildman–Crippen MR) is 116 cm³/mol. The summed E-state index contributed by atoms with van der Waals surface area (Å²) in [5, 5.41) is 3.09. The molecule has 30 heavy (non-hydrogen) atoms. The van der Waals surface area contributed by atoms with Crippen LogP contribution in [-0.2, 0) is 11.3 Å². The lowest BCUT2D eigenvalue weighted by Crippen LogP contribution is -2.33. The molecule has 1 saturated heterocycles. The molecule has 158 valence electrons. The van der Waals surface area contributed by atoms with E-state index in [0.717, 1.165) is 49.2 Å². The molecule has 1 aliphatic rings. The summed E-state index contributed by atoms with van der Waals surface area (Å²) in [6, 6.07) is 11.5. The van der Waals surface area contributed by atoms with Gasteiger partial charge in [-0.15, -0.1) is 0 Å². The molecule has 3 aromatic rings. The number of benzene rings is 1. The first-order valence-corrected chi connectivity index (χ1v) is 10.7. The molecular weight excluding hydrogens is 378 g/mol. The fourth-order valence-electron chi connectivity index (χ4n) is 3.89. The van der Waals surface area contributed by atoms with Crippen LogP contribution in [0.25, 0.3) is 5.65 Å². The fraction of sp³-hybridized carbons (Fsp3) is 0.417. The number of nitrogens with zero attached hydrogens (tertiary/aromatic N) is 2. The molecule has 0 saturated carbocycles. The van der Waals surface area contributed by atoms with Crippen molar-refractivity contribution in [3.8, 4) is 5.75 Å². The van der Waals surface area contributed by atoms with Gasteiger partial charge in [-0.25, -0.2) is 4.98 Å². The minimum atomic E-state index is -0.115. The van der Waals surface area contributed by atoms with Gasteiger partial charge < -0.3 is 19.2 Å². The number of nitrogens with one attached hydrogen (secondary N) is 1. The van der Waals surface area contributed by atoms with E-state index in [2.05, 4.69) is 10.3 Å². The second-order valence-electron chi connectivity index (χ2n) is 8.03. The number of ether oxygens (including phenoxy) is 2. The molecule has 6 nitrogen and oxygen atoms in total. The molecule has 0 bridgehead atoms. The largest absolute Gasteiger partial charge is 0.486 e. The van der Waals surface area contributed by atoms with Crippen LogP contribution in [-0.4, -0.2) is 34.0 Å². The smallest absolute Gasteiger partial charge is 0.255 e. The molecule has 1 N–H and O–H groups in total. The minimum Gasteiger partial charge on any atom is -0.486 e. The maximum absolute atomic E-state index is 12.8. The van der Waals surface area contributed by atoms with Gasteiger partial charge in [-0.1, -0.05) is 18.2 Å². The molecule has 3 heterocycles. The van der Waals surface area contributed by atoms with Crippen molar-refractivity contribution in [2.24, 2.45) is 0 Å². The SMILES string of the molecule is Cc1cccn2cc(COc3ccccc3C(=O)NC(C)CCC3CCCO3)nc12. The molecule has 6 heteroatoms. The first kappa shape index (κ1) is 20.4. The highest BCUT2D eigenvalue weighted by molar-refractivity contribution is 5.97. The van der Waals surface area contributed by atoms with Crippen LogP contribution in [0.1, 0.15) is 54.2 Å². The number of carbonyl (C=O) groups is 1. The number of carbonyl (C=O) groups excluding carboxylic acids is 1. The third-order valence-electron chi connectivity index (χ3n) is 5.56. The quantitative estimate of drug-likeness (QED) is 0.605. The molecule has 2 unspecified atom stereocenters. The van der Waals surface area contributed by atoms with Gasteiger partial charge in [-0.05, 0) is 63.3 Å². The molecule has 0 aliphatic carbocycles. The Morgan fingerprint density at radius 3 is 3.00 bits per heavy atom. The lowest BCUT2D eigenvalue weighted by Gasteiger charge is -2.17. The van der Waals surface area contributed by atoms with Crippen molar-refractivity contribution in [1.29, 1.82) is 0 Å². The van der Waals surface area contributed by atoms with Crippen molar-refractivity contribution < 1.29 is 14.3 Å². The molecule has 2 aromatic heterocycles. The molecule has 1 aromatic carbocycles. The van der Waals surface area contributed by atoms with Gasteiger partial charge >= 0.3 is 0 Å². The van der Waals surface area contributed by atoms with E-state index < -0.39 is 0 Å². The van der Waals surface area contributed by atoms with Gasteiger partial charge in [0.25, 0.3) is 5.91 Å². The zero-order valence-corrected chi connectivity index (χ0v) is 17.6. The van der Waals surface area contributed by atoms with Gasteiger partial charge in [-0.2, -0.15) is 0 Å². The Morgan fingerprint density at radius 1 is 1.33 bits per heavy atom. The number of aryl methyl sites for hydroxylation is 1. The Hall–Kier alpha value is -2.86. The first-order chi connectivity index (χ1) is 14.6. The van der Waals surface area contributed by atoms with Gasteiger partial charge in [0, 0.05) is 25.0 Å². The normalized spacial score (nSPS) is 17.2. The molecule has 0 spiro atoms. The van der Waals surface area contributed by atoms with Gasteiger partial charge in [0.05, 0.1) is 17.4 Å². The zero-order chi connectivity index (χ0) is 20.9. The van der Waals surface area contributed by atoms with E-state index >= 15 is 0 Å². The van der Waals surface area contributed by atoms with Crippen LogP contribution in [0.5, 0.6) is 5.75 Å². The third kappa shape index (κ3) is 4.82. The molecule has 1 aliphatic heterocycles. The Bertz CT molecular complexity index is 1010.